The molecule has 0 aliphatic carbocycles. The number of rotatable bonds is 2. The minimum atomic E-state index is -4.26. The van der Waals surface area contributed by atoms with Gasteiger partial charge >= 0.3 is 6.18 Å². The third-order valence-electron chi connectivity index (χ3n) is 2.65. The molecule has 5 heteroatoms. The zero-order chi connectivity index (χ0) is 12.3. The summed E-state index contributed by atoms with van der Waals surface area (Å²) < 4.78 is 36.9. The molecule has 1 aromatic rings. The largest absolute Gasteiger partial charge is 0.416 e. The maximum Gasteiger partial charge on any atom is 0.416 e. The van der Waals surface area contributed by atoms with E-state index in [-0.39, 0.29) is 0 Å². The van der Waals surface area contributed by atoms with E-state index in [1.165, 1.54) is 12.1 Å². The summed E-state index contributed by atoms with van der Waals surface area (Å²) in [6, 6.07) is 5.19. The third-order valence-corrected chi connectivity index (χ3v) is 2.65. The molecule has 0 atom stereocenters. The molecule has 0 radical (unpaired) electrons. The van der Waals surface area contributed by atoms with Crippen LogP contribution < -0.4 is 5.32 Å². The average Bonchev–Trinajstić information content (AvgIpc) is 2.78. The summed E-state index contributed by atoms with van der Waals surface area (Å²) in [7, 11) is 0. The van der Waals surface area contributed by atoms with Crippen molar-refractivity contribution in [2.75, 3.05) is 6.54 Å². The van der Waals surface area contributed by atoms with Crippen molar-refractivity contribution in [3.63, 3.8) is 0 Å². The summed E-state index contributed by atoms with van der Waals surface area (Å²) >= 11 is 0. The molecule has 2 rings (SSSR count). The van der Waals surface area contributed by atoms with Gasteiger partial charge < -0.3 is 5.32 Å². The molecular weight excluding hydrogens is 229 g/mol. The average molecular weight is 242 g/mol. The molecule has 1 heterocycles. The number of aliphatic imine (C=N–C) groups is 1. The van der Waals surface area contributed by atoms with Crippen LogP contribution in [-0.4, -0.2) is 12.4 Å². The molecule has 0 unspecified atom stereocenters. The lowest BCUT2D eigenvalue weighted by molar-refractivity contribution is -0.137. The Morgan fingerprint density at radius 2 is 1.88 bits per heavy atom. The summed E-state index contributed by atoms with van der Waals surface area (Å²) in [5.74, 6) is 0.949. The van der Waals surface area contributed by atoms with Gasteiger partial charge in [-0.15, -0.1) is 0 Å². The van der Waals surface area contributed by atoms with Crippen molar-refractivity contribution in [3.8, 4) is 0 Å². The smallest absolute Gasteiger partial charge is 0.370 e. The monoisotopic (exact) mass is 242 g/mol. The molecule has 1 aliphatic heterocycles. The number of alkyl halides is 3. The van der Waals surface area contributed by atoms with Crippen LogP contribution in [0.15, 0.2) is 29.3 Å². The lowest BCUT2D eigenvalue weighted by Crippen LogP contribution is -2.20. The van der Waals surface area contributed by atoms with Crippen LogP contribution in [0.4, 0.5) is 13.2 Å². The Labute approximate surface area is 97.6 Å². The van der Waals surface area contributed by atoms with Gasteiger partial charge in [0.05, 0.1) is 11.4 Å². The third kappa shape index (κ3) is 3.22. The predicted molar refractivity (Wildman–Crippen MR) is 59.8 cm³/mol. The van der Waals surface area contributed by atoms with Gasteiger partial charge in [0.15, 0.2) is 0 Å². The number of hydrogen-bond acceptors (Lipinski definition) is 2. The second kappa shape index (κ2) is 4.77. The summed E-state index contributed by atoms with van der Waals surface area (Å²) in [5, 5.41) is 3.12. The van der Waals surface area contributed by atoms with Gasteiger partial charge in [0.1, 0.15) is 0 Å². The molecule has 0 aromatic heterocycles. The summed E-state index contributed by atoms with van der Waals surface area (Å²) in [4.78, 5) is 4.23. The second-order valence-corrected chi connectivity index (χ2v) is 3.98. The van der Waals surface area contributed by atoms with Crippen LogP contribution in [-0.2, 0) is 12.7 Å². The number of nitrogens with zero attached hydrogens (tertiary/aromatic N) is 1. The van der Waals surface area contributed by atoms with Gasteiger partial charge in [-0.05, 0) is 24.1 Å². The molecule has 17 heavy (non-hydrogen) atoms. The fourth-order valence-corrected chi connectivity index (χ4v) is 1.70. The van der Waals surface area contributed by atoms with Gasteiger partial charge in [0, 0.05) is 19.5 Å². The summed E-state index contributed by atoms with van der Waals surface area (Å²) in [6.07, 6.45) is -2.28. The minimum Gasteiger partial charge on any atom is -0.370 e. The lowest BCUT2D eigenvalue weighted by Gasteiger charge is -2.09. The Morgan fingerprint density at radius 1 is 1.18 bits per heavy atom. The fraction of sp³-hybridized carbons (Fsp3) is 0.417. The molecule has 0 saturated carbocycles. The highest BCUT2D eigenvalue weighted by Crippen LogP contribution is 2.29. The van der Waals surface area contributed by atoms with Crippen molar-refractivity contribution < 1.29 is 13.2 Å². The van der Waals surface area contributed by atoms with E-state index >= 15 is 0 Å². The van der Waals surface area contributed by atoms with Crippen LogP contribution in [0.3, 0.4) is 0 Å². The van der Waals surface area contributed by atoms with Gasteiger partial charge in [-0.25, -0.2) is 0 Å². The van der Waals surface area contributed by atoms with E-state index < -0.39 is 11.7 Å². The maximum atomic E-state index is 12.3. The Hall–Kier alpha value is -1.52. The van der Waals surface area contributed by atoms with Gasteiger partial charge in [0.2, 0.25) is 0 Å². The van der Waals surface area contributed by atoms with Crippen molar-refractivity contribution in [1.29, 1.82) is 0 Å². The van der Waals surface area contributed by atoms with E-state index in [0.29, 0.717) is 6.54 Å². The van der Waals surface area contributed by atoms with Crippen LogP contribution >= 0.6 is 0 Å². The molecule has 1 aliphatic rings. The van der Waals surface area contributed by atoms with E-state index in [0.717, 1.165) is 42.9 Å². The zero-order valence-corrected chi connectivity index (χ0v) is 9.22. The number of benzene rings is 1. The topological polar surface area (TPSA) is 24.4 Å². The molecule has 0 spiro atoms. The minimum absolute atomic E-state index is 0.525. The first-order chi connectivity index (χ1) is 8.05. The first-order valence-electron chi connectivity index (χ1n) is 5.49. The predicted octanol–water partition coefficient (Wildman–Crippen LogP) is 2.99. The van der Waals surface area contributed by atoms with Crippen molar-refractivity contribution in [2.45, 2.75) is 25.6 Å². The van der Waals surface area contributed by atoms with E-state index in [1.54, 1.807) is 0 Å². The molecular formula is C12H13F3N2. The number of amidine groups is 1. The van der Waals surface area contributed by atoms with Gasteiger partial charge in [-0.3, -0.25) is 4.99 Å². The number of hydrogen-bond donors (Lipinski definition) is 1. The zero-order valence-electron chi connectivity index (χ0n) is 9.22. The van der Waals surface area contributed by atoms with Crippen LogP contribution in [0.25, 0.3) is 0 Å². The molecule has 92 valence electrons. The Morgan fingerprint density at radius 3 is 2.41 bits per heavy atom. The molecule has 0 bridgehead atoms. The van der Waals surface area contributed by atoms with Crippen molar-refractivity contribution in [3.05, 3.63) is 35.4 Å². The molecule has 0 fully saturated rings. The second-order valence-electron chi connectivity index (χ2n) is 3.98. The quantitative estimate of drug-likeness (QED) is 0.847. The number of nitrogens with one attached hydrogen (secondary N) is 1. The standard InChI is InChI=1S/C12H13F3N2/c13-12(14,15)10-5-3-9(4-6-10)8-17-11-2-1-7-16-11/h3-6H,1-2,7-8H2,(H,16,17). The van der Waals surface area contributed by atoms with Gasteiger partial charge in [0.25, 0.3) is 0 Å². The van der Waals surface area contributed by atoms with Crippen molar-refractivity contribution in [2.24, 2.45) is 4.99 Å². The van der Waals surface area contributed by atoms with Crippen LogP contribution in [0, 0.1) is 0 Å². The van der Waals surface area contributed by atoms with Gasteiger partial charge in [-0.1, -0.05) is 12.1 Å². The highest BCUT2D eigenvalue weighted by Gasteiger charge is 2.29. The van der Waals surface area contributed by atoms with Crippen LogP contribution in [0.1, 0.15) is 24.0 Å². The Bertz CT molecular complexity index is 407. The first-order valence-corrected chi connectivity index (χ1v) is 5.49. The Balaban J connectivity index is 1.94. The molecule has 1 N–H and O–H groups in total. The van der Waals surface area contributed by atoms with E-state index in [9.17, 15) is 13.2 Å². The highest BCUT2D eigenvalue weighted by atomic mass is 19.4. The maximum absolute atomic E-state index is 12.3. The van der Waals surface area contributed by atoms with Crippen LogP contribution in [0.5, 0.6) is 0 Å². The molecule has 2 nitrogen and oxygen atoms in total. The first kappa shape index (κ1) is 12.0. The van der Waals surface area contributed by atoms with E-state index in [4.69, 9.17) is 0 Å². The normalized spacial score (nSPS) is 15.8. The molecule has 0 saturated heterocycles. The van der Waals surface area contributed by atoms with Gasteiger partial charge in [-0.2, -0.15) is 13.2 Å². The SMILES string of the molecule is FC(F)(F)c1ccc(CNC2=NCCC2)cc1. The van der Waals surface area contributed by atoms with Crippen molar-refractivity contribution >= 4 is 5.84 Å². The summed E-state index contributed by atoms with van der Waals surface area (Å²) in [5.41, 5.74) is 0.215. The lowest BCUT2D eigenvalue weighted by atomic mass is 10.1. The van der Waals surface area contributed by atoms with Crippen LogP contribution in [0.2, 0.25) is 0 Å². The Kier molecular flexibility index (Phi) is 3.36. The highest BCUT2D eigenvalue weighted by molar-refractivity contribution is 5.83. The number of halogens is 3. The summed E-state index contributed by atoms with van der Waals surface area (Å²) in [6.45, 7) is 1.37. The van der Waals surface area contributed by atoms with Crippen molar-refractivity contribution in [1.82, 2.24) is 5.32 Å². The van der Waals surface area contributed by atoms with E-state index in [1.807, 2.05) is 0 Å². The fourth-order valence-electron chi connectivity index (χ4n) is 1.70. The van der Waals surface area contributed by atoms with E-state index in [2.05, 4.69) is 10.3 Å². The molecule has 0 amide bonds. The molecule has 1 aromatic carbocycles.